The summed E-state index contributed by atoms with van der Waals surface area (Å²) in [5.74, 6) is 0.581. The van der Waals surface area contributed by atoms with Crippen LogP contribution in [0.4, 0.5) is 0 Å². The van der Waals surface area contributed by atoms with E-state index in [2.05, 4.69) is 5.32 Å². The Morgan fingerprint density at radius 1 is 1.21 bits per heavy atom. The first-order valence-corrected chi connectivity index (χ1v) is 8.15. The third kappa shape index (κ3) is 5.10. The Hall–Kier alpha value is -2.33. The lowest BCUT2D eigenvalue weighted by atomic mass is 10.00. The second-order valence-electron chi connectivity index (χ2n) is 6.13. The van der Waals surface area contributed by atoms with Crippen LogP contribution in [0.1, 0.15) is 29.7 Å². The van der Waals surface area contributed by atoms with E-state index in [1.807, 2.05) is 62.4 Å². The van der Waals surface area contributed by atoms with Gasteiger partial charge in [-0.15, -0.1) is 0 Å². The number of nitrogens with one attached hydrogen (secondary N) is 1. The fourth-order valence-corrected chi connectivity index (χ4v) is 2.57. The van der Waals surface area contributed by atoms with Crippen molar-refractivity contribution in [2.24, 2.45) is 5.92 Å². The Balaban J connectivity index is 1.84. The first-order valence-electron chi connectivity index (χ1n) is 8.15. The fourth-order valence-electron chi connectivity index (χ4n) is 2.57. The number of aliphatic hydroxyl groups excluding tert-OH is 1. The molecule has 24 heavy (non-hydrogen) atoms. The highest BCUT2D eigenvalue weighted by atomic mass is 16.5. The molecule has 2 unspecified atom stereocenters. The summed E-state index contributed by atoms with van der Waals surface area (Å²) in [6.45, 7) is 4.08. The van der Waals surface area contributed by atoms with Crippen LogP contribution in [0.15, 0.2) is 48.5 Å². The predicted molar refractivity (Wildman–Crippen MR) is 95.0 cm³/mol. The Kier molecular flexibility index (Phi) is 6.38. The number of hydrogen-bond acceptors (Lipinski definition) is 3. The maximum absolute atomic E-state index is 12.2. The molecule has 0 bridgehead atoms. The van der Waals surface area contributed by atoms with Crippen LogP contribution in [0, 0.1) is 12.8 Å². The van der Waals surface area contributed by atoms with Gasteiger partial charge in [-0.1, -0.05) is 48.9 Å². The summed E-state index contributed by atoms with van der Waals surface area (Å²) in [5, 5.41) is 13.0. The zero-order chi connectivity index (χ0) is 17.5. The molecule has 2 rings (SSSR count). The molecule has 4 heteroatoms. The molecule has 128 valence electrons. The molecule has 0 spiro atoms. The van der Waals surface area contributed by atoms with E-state index in [-0.39, 0.29) is 18.4 Å². The van der Waals surface area contributed by atoms with Gasteiger partial charge in [0, 0.05) is 12.5 Å². The summed E-state index contributed by atoms with van der Waals surface area (Å²) in [6.07, 6.45) is -0.0434. The van der Waals surface area contributed by atoms with E-state index < -0.39 is 6.10 Å². The van der Waals surface area contributed by atoms with E-state index in [1.165, 1.54) is 0 Å². The van der Waals surface area contributed by atoms with Crippen molar-refractivity contribution < 1.29 is 14.6 Å². The van der Waals surface area contributed by atoms with Crippen LogP contribution in [0.5, 0.6) is 5.75 Å². The molecule has 0 saturated heterocycles. The predicted octanol–water partition coefficient (Wildman–Crippen LogP) is 3.03. The minimum absolute atomic E-state index is 0.0579. The minimum Gasteiger partial charge on any atom is -0.497 e. The van der Waals surface area contributed by atoms with Crippen molar-refractivity contribution in [2.45, 2.75) is 26.4 Å². The molecule has 0 aliphatic rings. The molecule has 0 radical (unpaired) electrons. The first kappa shape index (κ1) is 18.0. The van der Waals surface area contributed by atoms with Gasteiger partial charge in [0.25, 0.3) is 0 Å². The Bertz CT molecular complexity index is 667. The van der Waals surface area contributed by atoms with Crippen LogP contribution in [-0.2, 0) is 11.2 Å². The number of hydrogen-bond donors (Lipinski definition) is 2. The molecule has 2 aromatic carbocycles. The molecular formula is C20H25NO3. The van der Waals surface area contributed by atoms with Crippen molar-refractivity contribution in [2.75, 3.05) is 13.7 Å². The van der Waals surface area contributed by atoms with Gasteiger partial charge in [0.2, 0.25) is 5.91 Å². The molecule has 1 amide bonds. The summed E-state index contributed by atoms with van der Waals surface area (Å²) in [5.41, 5.74) is 2.99. The average molecular weight is 327 g/mol. The number of rotatable bonds is 7. The number of amides is 1. The zero-order valence-corrected chi connectivity index (χ0v) is 14.5. The van der Waals surface area contributed by atoms with Crippen molar-refractivity contribution >= 4 is 5.91 Å². The van der Waals surface area contributed by atoms with Crippen LogP contribution < -0.4 is 10.1 Å². The summed E-state index contributed by atoms with van der Waals surface area (Å²) >= 11 is 0. The SMILES string of the molecule is COc1ccc(CC(C)C(=O)NCC(O)c2cccc(C)c2)cc1. The van der Waals surface area contributed by atoms with Gasteiger partial charge >= 0.3 is 0 Å². The van der Waals surface area contributed by atoms with Gasteiger partial charge in [-0.05, 0) is 36.6 Å². The van der Waals surface area contributed by atoms with Gasteiger partial charge < -0.3 is 15.2 Å². The van der Waals surface area contributed by atoms with E-state index in [0.29, 0.717) is 6.42 Å². The van der Waals surface area contributed by atoms with Crippen molar-refractivity contribution in [1.82, 2.24) is 5.32 Å². The van der Waals surface area contributed by atoms with Gasteiger partial charge in [0.15, 0.2) is 0 Å². The number of methoxy groups -OCH3 is 1. The highest BCUT2D eigenvalue weighted by Crippen LogP contribution is 2.16. The van der Waals surface area contributed by atoms with E-state index in [1.54, 1.807) is 7.11 Å². The highest BCUT2D eigenvalue weighted by molar-refractivity contribution is 5.78. The molecule has 2 atom stereocenters. The lowest BCUT2D eigenvalue weighted by molar-refractivity contribution is -0.124. The average Bonchev–Trinajstić information content (AvgIpc) is 2.60. The first-order chi connectivity index (χ1) is 11.5. The van der Waals surface area contributed by atoms with Crippen LogP contribution in [0.25, 0.3) is 0 Å². The minimum atomic E-state index is -0.693. The largest absolute Gasteiger partial charge is 0.497 e. The van der Waals surface area contributed by atoms with E-state index >= 15 is 0 Å². The Morgan fingerprint density at radius 3 is 2.54 bits per heavy atom. The maximum Gasteiger partial charge on any atom is 0.223 e. The molecule has 2 aromatic rings. The lowest BCUT2D eigenvalue weighted by Gasteiger charge is -2.16. The molecule has 0 fully saturated rings. The van der Waals surface area contributed by atoms with Gasteiger partial charge in [0.05, 0.1) is 13.2 Å². The Morgan fingerprint density at radius 2 is 1.92 bits per heavy atom. The van der Waals surface area contributed by atoms with E-state index in [9.17, 15) is 9.90 Å². The molecule has 0 heterocycles. The van der Waals surface area contributed by atoms with Crippen LogP contribution in [0.3, 0.4) is 0 Å². The number of carbonyl (C=O) groups is 1. The summed E-state index contributed by atoms with van der Waals surface area (Å²) in [6, 6.07) is 15.4. The second-order valence-corrected chi connectivity index (χ2v) is 6.13. The number of aryl methyl sites for hydroxylation is 1. The van der Waals surface area contributed by atoms with E-state index in [0.717, 1.165) is 22.4 Å². The number of aliphatic hydroxyl groups is 1. The second kappa shape index (κ2) is 8.50. The van der Waals surface area contributed by atoms with Crippen molar-refractivity contribution in [3.8, 4) is 5.75 Å². The van der Waals surface area contributed by atoms with E-state index in [4.69, 9.17) is 4.74 Å². The summed E-state index contributed by atoms with van der Waals surface area (Å²) in [4.78, 5) is 12.2. The zero-order valence-electron chi connectivity index (χ0n) is 14.5. The normalized spacial score (nSPS) is 13.2. The maximum atomic E-state index is 12.2. The van der Waals surface area contributed by atoms with Crippen molar-refractivity contribution in [3.63, 3.8) is 0 Å². The third-order valence-electron chi connectivity index (χ3n) is 4.05. The molecule has 0 aliphatic carbocycles. The molecule has 0 aromatic heterocycles. The molecule has 4 nitrogen and oxygen atoms in total. The van der Waals surface area contributed by atoms with Crippen LogP contribution in [-0.4, -0.2) is 24.7 Å². The molecule has 0 aliphatic heterocycles. The fraction of sp³-hybridized carbons (Fsp3) is 0.350. The van der Waals surface area contributed by atoms with Gasteiger partial charge in [-0.3, -0.25) is 4.79 Å². The smallest absolute Gasteiger partial charge is 0.223 e. The van der Waals surface area contributed by atoms with Crippen LogP contribution in [0.2, 0.25) is 0 Å². The highest BCUT2D eigenvalue weighted by Gasteiger charge is 2.15. The number of ether oxygens (including phenoxy) is 1. The van der Waals surface area contributed by atoms with Crippen molar-refractivity contribution in [1.29, 1.82) is 0 Å². The third-order valence-corrected chi connectivity index (χ3v) is 4.05. The van der Waals surface area contributed by atoms with Crippen LogP contribution >= 0.6 is 0 Å². The van der Waals surface area contributed by atoms with Gasteiger partial charge in [-0.2, -0.15) is 0 Å². The topological polar surface area (TPSA) is 58.6 Å². The lowest BCUT2D eigenvalue weighted by Crippen LogP contribution is -2.33. The molecular weight excluding hydrogens is 302 g/mol. The standard InChI is InChI=1S/C20H25NO3/c1-14-5-4-6-17(11-14)19(22)13-21-20(23)15(2)12-16-7-9-18(24-3)10-8-16/h4-11,15,19,22H,12-13H2,1-3H3,(H,21,23). The molecule has 2 N–H and O–H groups in total. The van der Waals surface area contributed by atoms with Gasteiger partial charge in [-0.25, -0.2) is 0 Å². The Labute approximate surface area is 143 Å². The van der Waals surface area contributed by atoms with Crippen molar-refractivity contribution in [3.05, 3.63) is 65.2 Å². The number of carbonyl (C=O) groups excluding carboxylic acids is 1. The summed E-state index contributed by atoms with van der Waals surface area (Å²) in [7, 11) is 1.63. The van der Waals surface area contributed by atoms with Gasteiger partial charge in [0.1, 0.15) is 5.75 Å². The summed E-state index contributed by atoms with van der Waals surface area (Å²) < 4.78 is 5.13. The molecule has 0 saturated carbocycles. The monoisotopic (exact) mass is 327 g/mol. The quantitative estimate of drug-likeness (QED) is 0.822. The number of benzene rings is 2.